The molecule has 1 aromatic rings. The maximum atomic E-state index is 5.19. The monoisotopic (exact) mass is 197 g/mol. The Hall–Kier alpha value is -0.540. The number of rotatable bonds is 2. The molecule has 0 unspecified atom stereocenters. The summed E-state index contributed by atoms with van der Waals surface area (Å²) < 4.78 is 5.19. The van der Waals surface area contributed by atoms with Crippen LogP contribution in [-0.2, 0) is 0 Å². The van der Waals surface area contributed by atoms with Crippen LogP contribution in [0.1, 0.15) is 23.6 Å². The number of piperidine rings is 1. The van der Waals surface area contributed by atoms with Crippen molar-refractivity contribution in [2.45, 2.75) is 18.8 Å². The minimum absolute atomic E-state index is 0.759. The van der Waals surface area contributed by atoms with Gasteiger partial charge in [0, 0.05) is 4.88 Å². The predicted octanol–water partition coefficient (Wildman–Crippen LogP) is 2.22. The zero-order valence-electron chi connectivity index (χ0n) is 7.88. The highest BCUT2D eigenvalue weighted by Gasteiger charge is 2.16. The third-order valence-electron chi connectivity index (χ3n) is 2.54. The smallest absolute Gasteiger partial charge is 0.173 e. The SMILES string of the molecule is COc1ccc(C2CCNCC2)s1. The molecule has 0 saturated carbocycles. The minimum Gasteiger partial charge on any atom is -0.487 e. The van der Waals surface area contributed by atoms with Crippen molar-refractivity contribution in [3.05, 3.63) is 17.0 Å². The second kappa shape index (κ2) is 4.11. The minimum atomic E-state index is 0.759. The van der Waals surface area contributed by atoms with Gasteiger partial charge in [0.1, 0.15) is 0 Å². The Morgan fingerprint density at radius 1 is 1.38 bits per heavy atom. The van der Waals surface area contributed by atoms with E-state index in [9.17, 15) is 0 Å². The van der Waals surface area contributed by atoms with Crippen molar-refractivity contribution in [1.82, 2.24) is 5.32 Å². The fourth-order valence-corrected chi connectivity index (χ4v) is 2.76. The van der Waals surface area contributed by atoms with Gasteiger partial charge in [-0.25, -0.2) is 0 Å². The van der Waals surface area contributed by atoms with E-state index in [1.165, 1.54) is 17.7 Å². The van der Waals surface area contributed by atoms with E-state index in [1.807, 2.05) is 0 Å². The molecular weight excluding hydrogens is 182 g/mol. The molecule has 1 saturated heterocycles. The zero-order chi connectivity index (χ0) is 9.10. The van der Waals surface area contributed by atoms with Gasteiger partial charge in [0.05, 0.1) is 7.11 Å². The molecule has 2 rings (SSSR count). The lowest BCUT2D eigenvalue weighted by Crippen LogP contribution is -2.26. The largest absolute Gasteiger partial charge is 0.487 e. The van der Waals surface area contributed by atoms with Gasteiger partial charge < -0.3 is 10.1 Å². The molecule has 0 aliphatic carbocycles. The Balaban J connectivity index is 2.05. The Labute approximate surface area is 82.9 Å². The molecule has 1 aliphatic rings. The third kappa shape index (κ3) is 2.03. The van der Waals surface area contributed by atoms with E-state index in [2.05, 4.69) is 17.4 Å². The fraction of sp³-hybridized carbons (Fsp3) is 0.600. The Morgan fingerprint density at radius 2 is 2.15 bits per heavy atom. The first kappa shape index (κ1) is 9.03. The topological polar surface area (TPSA) is 21.3 Å². The summed E-state index contributed by atoms with van der Waals surface area (Å²) >= 11 is 1.79. The van der Waals surface area contributed by atoms with Crippen molar-refractivity contribution in [3.63, 3.8) is 0 Å². The number of nitrogens with one attached hydrogen (secondary N) is 1. The highest BCUT2D eigenvalue weighted by molar-refractivity contribution is 7.13. The van der Waals surface area contributed by atoms with Gasteiger partial charge in [-0.1, -0.05) is 0 Å². The van der Waals surface area contributed by atoms with Gasteiger partial charge in [-0.2, -0.15) is 0 Å². The standard InChI is InChI=1S/C10H15NOS/c1-12-10-3-2-9(13-10)8-4-6-11-7-5-8/h2-3,8,11H,4-7H2,1H3. The van der Waals surface area contributed by atoms with E-state index < -0.39 is 0 Å². The molecule has 0 amide bonds. The van der Waals surface area contributed by atoms with Crippen LogP contribution in [0, 0.1) is 0 Å². The maximum absolute atomic E-state index is 5.19. The summed E-state index contributed by atoms with van der Waals surface area (Å²) in [6.45, 7) is 2.32. The molecule has 2 nitrogen and oxygen atoms in total. The van der Waals surface area contributed by atoms with Gasteiger partial charge in [0.25, 0.3) is 0 Å². The molecule has 0 bridgehead atoms. The molecule has 0 radical (unpaired) electrons. The van der Waals surface area contributed by atoms with E-state index in [0.717, 1.165) is 24.1 Å². The van der Waals surface area contributed by atoms with Crippen molar-refractivity contribution in [2.24, 2.45) is 0 Å². The molecule has 0 aromatic carbocycles. The lowest BCUT2D eigenvalue weighted by molar-refractivity contribution is 0.427. The van der Waals surface area contributed by atoms with E-state index in [0.29, 0.717) is 0 Å². The van der Waals surface area contributed by atoms with Crippen molar-refractivity contribution in [3.8, 4) is 5.06 Å². The molecule has 1 fully saturated rings. The number of thiophene rings is 1. The van der Waals surface area contributed by atoms with Gasteiger partial charge in [0.2, 0.25) is 0 Å². The summed E-state index contributed by atoms with van der Waals surface area (Å²) in [5.41, 5.74) is 0. The predicted molar refractivity (Wildman–Crippen MR) is 55.7 cm³/mol. The van der Waals surface area contributed by atoms with Crippen molar-refractivity contribution < 1.29 is 4.74 Å². The Bertz CT molecular complexity index is 266. The molecule has 13 heavy (non-hydrogen) atoms. The molecule has 1 aromatic heterocycles. The van der Waals surface area contributed by atoms with E-state index >= 15 is 0 Å². The van der Waals surface area contributed by atoms with Gasteiger partial charge in [-0.15, -0.1) is 11.3 Å². The normalized spacial score (nSPS) is 18.8. The van der Waals surface area contributed by atoms with Crippen LogP contribution in [-0.4, -0.2) is 20.2 Å². The van der Waals surface area contributed by atoms with Gasteiger partial charge in [0.15, 0.2) is 5.06 Å². The van der Waals surface area contributed by atoms with E-state index in [1.54, 1.807) is 18.4 Å². The van der Waals surface area contributed by atoms with Crippen molar-refractivity contribution in [1.29, 1.82) is 0 Å². The van der Waals surface area contributed by atoms with Crippen LogP contribution in [0.25, 0.3) is 0 Å². The van der Waals surface area contributed by atoms with Crippen LogP contribution in [0.4, 0.5) is 0 Å². The highest BCUT2D eigenvalue weighted by atomic mass is 32.1. The molecule has 2 heterocycles. The average Bonchev–Trinajstić information content (AvgIpc) is 2.67. The second-order valence-electron chi connectivity index (χ2n) is 3.39. The van der Waals surface area contributed by atoms with E-state index in [4.69, 9.17) is 4.74 Å². The molecule has 72 valence electrons. The zero-order valence-corrected chi connectivity index (χ0v) is 8.69. The summed E-state index contributed by atoms with van der Waals surface area (Å²) in [5, 5.41) is 4.41. The number of hydrogen-bond acceptors (Lipinski definition) is 3. The fourth-order valence-electron chi connectivity index (χ4n) is 1.77. The number of methoxy groups -OCH3 is 1. The molecule has 0 spiro atoms. The molecule has 3 heteroatoms. The summed E-state index contributed by atoms with van der Waals surface area (Å²) in [5.74, 6) is 0.759. The highest BCUT2D eigenvalue weighted by Crippen LogP contribution is 2.34. The van der Waals surface area contributed by atoms with Gasteiger partial charge >= 0.3 is 0 Å². The first-order valence-corrected chi connectivity index (χ1v) is 5.56. The van der Waals surface area contributed by atoms with Gasteiger partial charge in [-0.3, -0.25) is 0 Å². The summed E-state index contributed by atoms with van der Waals surface area (Å²) in [7, 11) is 1.73. The average molecular weight is 197 g/mol. The van der Waals surface area contributed by atoms with Crippen LogP contribution in [0.3, 0.4) is 0 Å². The quantitative estimate of drug-likeness (QED) is 0.785. The Kier molecular flexibility index (Phi) is 2.86. The van der Waals surface area contributed by atoms with Crippen LogP contribution in [0.2, 0.25) is 0 Å². The van der Waals surface area contributed by atoms with Crippen molar-refractivity contribution >= 4 is 11.3 Å². The maximum Gasteiger partial charge on any atom is 0.173 e. The molecule has 1 N–H and O–H groups in total. The van der Waals surface area contributed by atoms with Gasteiger partial charge in [-0.05, 0) is 44.0 Å². The molecular formula is C10H15NOS. The summed E-state index contributed by atoms with van der Waals surface area (Å²) in [6, 6.07) is 4.28. The third-order valence-corrected chi connectivity index (χ3v) is 3.75. The second-order valence-corrected chi connectivity index (χ2v) is 4.46. The van der Waals surface area contributed by atoms with Crippen molar-refractivity contribution in [2.75, 3.05) is 20.2 Å². The first-order valence-electron chi connectivity index (χ1n) is 4.74. The molecule has 1 aliphatic heterocycles. The summed E-state index contributed by atoms with van der Waals surface area (Å²) in [4.78, 5) is 1.48. The van der Waals surface area contributed by atoms with E-state index in [-0.39, 0.29) is 0 Å². The first-order chi connectivity index (χ1) is 6.40. The molecule has 0 atom stereocenters. The summed E-state index contributed by atoms with van der Waals surface area (Å²) in [6.07, 6.45) is 2.54. The van der Waals surface area contributed by atoms with Crippen LogP contribution < -0.4 is 10.1 Å². The number of hydrogen-bond donors (Lipinski definition) is 1. The van der Waals surface area contributed by atoms with Crippen LogP contribution >= 0.6 is 11.3 Å². The lowest BCUT2D eigenvalue weighted by atomic mass is 9.97. The lowest BCUT2D eigenvalue weighted by Gasteiger charge is -2.21. The Morgan fingerprint density at radius 3 is 2.77 bits per heavy atom. The number of ether oxygens (including phenoxy) is 1. The van der Waals surface area contributed by atoms with Crippen LogP contribution in [0.15, 0.2) is 12.1 Å². The van der Waals surface area contributed by atoms with Crippen LogP contribution in [0.5, 0.6) is 5.06 Å².